The Balaban J connectivity index is 2.34. The van der Waals surface area contributed by atoms with E-state index in [-0.39, 0.29) is 22.7 Å². The highest BCUT2D eigenvalue weighted by molar-refractivity contribution is 7.90. The normalized spacial score (nSPS) is 11.1. The van der Waals surface area contributed by atoms with Gasteiger partial charge in [0.2, 0.25) is 26.8 Å². The minimum atomic E-state index is -3.72. The zero-order chi connectivity index (χ0) is 14.6. The Morgan fingerprint density at radius 2 is 1.60 bits per heavy atom. The van der Waals surface area contributed by atoms with E-state index >= 15 is 0 Å². The summed E-state index contributed by atoms with van der Waals surface area (Å²) in [5.74, 6) is 0.0469. The second kappa shape index (κ2) is 5.78. The average Bonchev–Trinajstić information content (AvgIpc) is 2.47. The molecule has 0 unspecified atom stereocenters. The van der Waals surface area contributed by atoms with Gasteiger partial charge in [-0.2, -0.15) is 9.97 Å². The van der Waals surface area contributed by atoms with Crippen molar-refractivity contribution in [2.45, 2.75) is 10.9 Å². The fourth-order valence-corrected chi connectivity index (χ4v) is 2.44. The number of hydrogen-bond acceptors (Lipinski definition) is 8. The second-order valence-electron chi connectivity index (χ2n) is 3.66. The Labute approximate surface area is 115 Å². The third kappa shape index (κ3) is 3.18. The fourth-order valence-electron chi connectivity index (χ4n) is 1.40. The number of hydrogen-bond donors (Lipinski definition) is 0. The molecule has 0 radical (unpaired) electrons. The highest BCUT2D eigenvalue weighted by Crippen LogP contribution is 2.17. The van der Waals surface area contributed by atoms with E-state index in [9.17, 15) is 8.42 Å². The minimum absolute atomic E-state index is 0.0497. The van der Waals surface area contributed by atoms with Gasteiger partial charge < -0.3 is 9.47 Å². The molecule has 0 spiro atoms. The zero-order valence-electron chi connectivity index (χ0n) is 10.8. The first-order chi connectivity index (χ1) is 9.55. The lowest BCUT2D eigenvalue weighted by atomic mass is 10.5. The van der Waals surface area contributed by atoms with Gasteiger partial charge >= 0.3 is 0 Å². The van der Waals surface area contributed by atoms with Crippen LogP contribution >= 0.6 is 0 Å². The molecular formula is C11H12N4O4S. The summed E-state index contributed by atoms with van der Waals surface area (Å²) >= 11 is 0. The highest BCUT2D eigenvalue weighted by atomic mass is 32.2. The highest BCUT2D eigenvalue weighted by Gasteiger charge is 2.21. The van der Waals surface area contributed by atoms with Crippen LogP contribution in [0.1, 0.15) is 5.82 Å². The van der Waals surface area contributed by atoms with Crippen LogP contribution in [0.3, 0.4) is 0 Å². The summed E-state index contributed by atoms with van der Waals surface area (Å²) in [5.41, 5.74) is 0. The zero-order valence-corrected chi connectivity index (χ0v) is 11.7. The molecule has 8 nitrogen and oxygen atoms in total. The lowest BCUT2D eigenvalue weighted by molar-refractivity contribution is 0.369. The summed E-state index contributed by atoms with van der Waals surface area (Å²) in [6.07, 6.45) is 2.71. The van der Waals surface area contributed by atoms with Crippen LogP contribution in [0, 0.1) is 0 Å². The Bertz CT molecular complexity index is 669. The van der Waals surface area contributed by atoms with Crippen molar-refractivity contribution in [2.24, 2.45) is 0 Å². The number of methoxy groups -OCH3 is 2. The Morgan fingerprint density at radius 3 is 2.10 bits per heavy atom. The first-order valence-corrected chi connectivity index (χ1v) is 7.16. The Morgan fingerprint density at radius 1 is 1.05 bits per heavy atom. The maximum absolute atomic E-state index is 12.1. The summed E-state index contributed by atoms with van der Waals surface area (Å²) in [6.45, 7) is 0. The van der Waals surface area contributed by atoms with Crippen LogP contribution < -0.4 is 9.47 Å². The maximum Gasteiger partial charge on any atom is 0.247 e. The quantitative estimate of drug-likeness (QED) is 0.723. The molecule has 0 amide bonds. The van der Waals surface area contributed by atoms with Crippen molar-refractivity contribution in [3.05, 3.63) is 30.4 Å². The molecule has 0 N–H and O–H groups in total. The lowest BCUT2D eigenvalue weighted by Crippen LogP contribution is -2.12. The van der Waals surface area contributed by atoms with E-state index in [4.69, 9.17) is 9.47 Å². The molecule has 0 saturated carbocycles. The molecule has 106 valence electrons. The molecule has 0 aliphatic rings. The van der Waals surface area contributed by atoms with Crippen molar-refractivity contribution < 1.29 is 17.9 Å². The van der Waals surface area contributed by atoms with E-state index in [0.717, 1.165) is 0 Å². The third-order valence-electron chi connectivity index (χ3n) is 2.28. The standard InChI is InChI=1S/C11H12N4O4S/c1-18-9-6-10(19-2)15-8(14-9)7-20(16,17)11-12-4-3-5-13-11/h3-6H,7H2,1-2H3. The molecule has 2 rings (SSSR count). The van der Waals surface area contributed by atoms with Crippen molar-refractivity contribution in [3.8, 4) is 11.8 Å². The van der Waals surface area contributed by atoms with Crippen LogP contribution in [0.15, 0.2) is 29.7 Å². The van der Waals surface area contributed by atoms with Gasteiger partial charge in [0.25, 0.3) is 0 Å². The van der Waals surface area contributed by atoms with Crippen LogP contribution in [-0.2, 0) is 15.6 Å². The van der Waals surface area contributed by atoms with Crippen LogP contribution in [0.2, 0.25) is 0 Å². The van der Waals surface area contributed by atoms with E-state index in [1.165, 1.54) is 38.7 Å². The first-order valence-electron chi connectivity index (χ1n) is 5.51. The molecular weight excluding hydrogens is 284 g/mol. The lowest BCUT2D eigenvalue weighted by Gasteiger charge is -2.06. The number of rotatable bonds is 5. The first kappa shape index (κ1) is 14.1. The molecule has 2 aromatic heterocycles. The van der Waals surface area contributed by atoms with Crippen LogP contribution in [0.4, 0.5) is 0 Å². The smallest absolute Gasteiger partial charge is 0.247 e. The molecule has 9 heteroatoms. The topological polar surface area (TPSA) is 104 Å². The molecule has 0 saturated heterocycles. The summed E-state index contributed by atoms with van der Waals surface area (Å²) in [6, 6.07) is 2.99. The Kier molecular flexibility index (Phi) is 4.08. The van der Waals surface area contributed by atoms with Gasteiger partial charge in [-0.25, -0.2) is 18.4 Å². The number of nitrogens with zero attached hydrogens (tertiary/aromatic N) is 4. The SMILES string of the molecule is COc1cc(OC)nc(CS(=O)(=O)c2ncccn2)n1. The van der Waals surface area contributed by atoms with Crippen LogP contribution in [0.25, 0.3) is 0 Å². The predicted molar refractivity (Wildman–Crippen MR) is 68.1 cm³/mol. The molecule has 2 heterocycles. The fraction of sp³-hybridized carbons (Fsp3) is 0.273. The van der Waals surface area contributed by atoms with Crippen molar-refractivity contribution in [1.82, 2.24) is 19.9 Å². The van der Waals surface area contributed by atoms with Gasteiger partial charge in [-0.15, -0.1) is 0 Å². The van der Waals surface area contributed by atoms with E-state index in [0.29, 0.717) is 0 Å². The van der Waals surface area contributed by atoms with E-state index in [1.54, 1.807) is 0 Å². The number of aromatic nitrogens is 4. The third-order valence-corrected chi connectivity index (χ3v) is 3.69. The molecule has 0 bridgehead atoms. The summed E-state index contributed by atoms with van der Waals surface area (Å²) in [5, 5.41) is -0.273. The molecule has 0 aromatic carbocycles. The average molecular weight is 296 g/mol. The number of ether oxygens (including phenoxy) is 2. The predicted octanol–water partition coefficient (Wildman–Crippen LogP) is 0.258. The molecule has 0 fully saturated rings. The largest absolute Gasteiger partial charge is 0.481 e. The summed E-state index contributed by atoms with van der Waals surface area (Å²) in [7, 11) is -0.888. The van der Waals surface area contributed by atoms with Gasteiger partial charge in [0.15, 0.2) is 5.82 Å². The van der Waals surface area contributed by atoms with Gasteiger partial charge in [-0.05, 0) is 6.07 Å². The van der Waals surface area contributed by atoms with Crippen molar-refractivity contribution in [2.75, 3.05) is 14.2 Å². The monoisotopic (exact) mass is 296 g/mol. The Hall–Kier alpha value is -2.29. The maximum atomic E-state index is 12.1. The number of sulfone groups is 1. The minimum Gasteiger partial charge on any atom is -0.481 e. The van der Waals surface area contributed by atoms with E-state index in [2.05, 4.69) is 19.9 Å². The summed E-state index contributed by atoms with van der Waals surface area (Å²) < 4.78 is 34.1. The van der Waals surface area contributed by atoms with Crippen LogP contribution in [0.5, 0.6) is 11.8 Å². The molecule has 2 aromatic rings. The van der Waals surface area contributed by atoms with Crippen LogP contribution in [-0.4, -0.2) is 42.6 Å². The van der Waals surface area contributed by atoms with Crippen molar-refractivity contribution in [1.29, 1.82) is 0 Å². The van der Waals surface area contributed by atoms with Crippen molar-refractivity contribution >= 4 is 9.84 Å². The van der Waals surface area contributed by atoms with Gasteiger partial charge in [-0.1, -0.05) is 0 Å². The van der Waals surface area contributed by atoms with E-state index < -0.39 is 15.6 Å². The second-order valence-corrected chi connectivity index (χ2v) is 5.54. The summed E-state index contributed by atoms with van der Waals surface area (Å²) in [4.78, 5) is 15.4. The molecule has 0 aliphatic carbocycles. The molecule has 0 aliphatic heterocycles. The van der Waals surface area contributed by atoms with Crippen molar-refractivity contribution in [3.63, 3.8) is 0 Å². The van der Waals surface area contributed by atoms with Gasteiger partial charge in [0.1, 0.15) is 5.75 Å². The molecule has 20 heavy (non-hydrogen) atoms. The van der Waals surface area contributed by atoms with Gasteiger partial charge in [0, 0.05) is 12.4 Å². The van der Waals surface area contributed by atoms with Gasteiger partial charge in [-0.3, -0.25) is 0 Å². The van der Waals surface area contributed by atoms with E-state index in [1.807, 2.05) is 0 Å². The van der Waals surface area contributed by atoms with Gasteiger partial charge in [0.05, 0.1) is 20.3 Å². The molecule has 0 atom stereocenters.